The Balaban J connectivity index is 2.40. The number of hydrogen-bond acceptors (Lipinski definition) is 6. The van der Waals surface area contributed by atoms with E-state index >= 15 is 0 Å². The van der Waals surface area contributed by atoms with Crippen LogP contribution in [0.25, 0.3) is 0 Å². The van der Waals surface area contributed by atoms with Gasteiger partial charge in [-0.05, 0) is 37.6 Å². The first-order valence-electron chi connectivity index (χ1n) is 6.13. The molecule has 1 aliphatic rings. The van der Waals surface area contributed by atoms with Crippen molar-refractivity contribution in [2.45, 2.75) is 38.9 Å². The number of pyridine rings is 1. The molecule has 8 heteroatoms. The second-order valence-electron chi connectivity index (χ2n) is 5.63. The quantitative estimate of drug-likeness (QED) is 0.356. The molecule has 0 aliphatic carbocycles. The van der Waals surface area contributed by atoms with Crippen molar-refractivity contribution in [3.63, 3.8) is 0 Å². The summed E-state index contributed by atoms with van der Waals surface area (Å²) in [6, 6.07) is 1.12. The maximum Gasteiger partial charge on any atom is 0.499 e. The van der Waals surface area contributed by atoms with Crippen LogP contribution in [0.1, 0.15) is 38.1 Å². The van der Waals surface area contributed by atoms with E-state index in [1.54, 1.807) is 0 Å². The van der Waals surface area contributed by atoms with Gasteiger partial charge in [0.05, 0.1) is 11.2 Å². The molecular formula is C12H15BN2O5. The fourth-order valence-electron chi connectivity index (χ4n) is 1.84. The van der Waals surface area contributed by atoms with E-state index in [0.29, 0.717) is 11.7 Å². The predicted octanol–water partition coefficient (Wildman–Crippen LogP) is 1.10. The first kappa shape index (κ1) is 14.6. The number of carbonyl (C=O) groups is 1. The van der Waals surface area contributed by atoms with Crippen molar-refractivity contribution in [1.82, 2.24) is 4.98 Å². The van der Waals surface area contributed by atoms with Crippen molar-refractivity contribution in [1.29, 1.82) is 0 Å². The van der Waals surface area contributed by atoms with Crippen LogP contribution in [0.5, 0.6) is 0 Å². The molecule has 1 saturated heterocycles. The first-order valence-corrected chi connectivity index (χ1v) is 6.13. The number of aromatic nitrogens is 1. The summed E-state index contributed by atoms with van der Waals surface area (Å²) in [5, 5.41) is 10.7. The summed E-state index contributed by atoms with van der Waals surface area (Å²) < 4.78 is 11.6. The Bertz CT molecular complexity index is 557. The van der Waals surface area contributed by atoms with E-state index in [1.165, 1.54) is 6.20 Å². The number of carbonyl (C=O) groups excluding carboxylic acids is 1. The summed E-state index contributed by atoms with van der Waals surface area (Å²) in [6.45, 7) is 7.53. The van der Waals surface area contributed by atoms with Crippen molar-refractivity contribution in [2.75, 3.05) is 0 Å². The fourth-order valence-corrected chi connectivity index (χ4v) is 1.84. The van der Waals surface area contributed by atoms with E-state index in [4.69, 9.17) is 9.31 Å². The molecule has 0 amide bonds. The van der Waals surface area contributed by atoms with E-state index in [-0.39, 0.29) is 11.4 Å². The molecule has 1 fully saturated rings. The molecular weight excluding hydrogens is 263 g/mol. The lowest BCUT2D eigenvalue weighted by Crippen LogP contribution is -2.41. The second kappa shape index (κ2) is 4.64. The van der Waals surface area contributed by atoms with Gasteiger partial charge in [-0.3, -0.25) is 4.79 Å². The summed E-state index contributed by atoms with van der Waals surface area (Å²) in [5.74, 6) is -0.382. The molecule has 1 aromatic rings. The summed E-state index contributed by atoms with van der Waals surface area (Å²) in [5.41, 5.74) is -0.575. The highest BCUT2D eigenvalue weighted by Gasteiger charge is 2.52. The molecule has 20 heavy (non-hydrogen) atoms. The third-order valence-electron chi connectivity index (χ3n) is 3.78. The van der Waals surface area contributed by atoms with Gasteiger partial charge < -0.3 is 19.4 Å². The lowest BCUT2D eigenvalue weighted by Gasteiger charge is -2.32. The summed E-state index contributed by atoms with van der Waals surface area (Å²) >= 11 is 0. The number of aldehydes is 1. The van der Waals surface area contributed by atoms with Gasteiger partial charge in [0.1, 0.15) is 12.5 Å². The molecule has 0 N–H and O–H groups in total. The summed E-state index contributed by atoms with van der Waals surface area (Å²) in [6.07, 6.45) is 1.79. The van der Waals surface area contributed by atoms with Crippen LogP contribution < -0.4 is 5.46 Å². The normalized spacial score (nSPS) is 19.9. The average molecular weight is 278 g/mol. The zero-order valence-electron chi connectivity index (χ0n) is 11.7. The van der Waals surface area contributed by atoms with Crippen molar-refractivity contribution >= 4 is 24.7 Å². The van der Waals surface area contributed by atoms with Crippen LogP contribution in [0.2, 0.25) is 0 Å². The molecule has 0 radical (unpaired) electrons. The zero-order chi connectivity index (χ0) is 15.1. The minimum atomic E-state index is -0.770. The zero-order valence-corrected chi connectivity index (χ0v) is 11.7. The van der Waals surface area contributed by atoms with Crippen molar-refractivity contribution < 1.29 is 19.0 Å². The maximum absolute atomic E-state index is 11.1. The molecule has 2 heterocycles. The third-order valence-corrected chi connectivity index (χ3v) is 3.78. The fraction of sp³-hybridized carbons (Fsp3) is 0.500. The van der Waals surface area contributed by atoms with E-state index in [9.17, 15) is 14.9 Å². The van der Waals surface area contributed by atoms with Crippen LogP contribution in [0.4, 0.5) is 5.82 Å². The van der Waals surface area contributed by atoms with Gasteiger partial charge in [-0.2, -0.15) is 0 Å². The summed E-state index contributed by atoms with van der Waals surface area (Å²) in [4.78, 5) is 24.8. The van der Waals surface area contributed by atoms with E-state index in [0.717, 1.165) is 6.07 Å². The molecule has 0 saturated carbocycles. The Morgan fingerprint density at radius 3 is 2.30 bits per heavy atom. The Morgan fingerprint density at radius 2 is 1.85 bits per heavy atom. The van der Waals surface area contributed by atoms with Gasteiger partial charge in [0.15, 0.2) is 0 Å². The number of rotatable bonds is 3. The van der Waals surface area contributed by atoms with Gasteiger partial charge in [-0.1, -0.05) is 0 Å². The van der Waals surface area contributed by atoms with E-state index < -0.39 is 23.2 Å². The number of nitro groups is 1. The van der Waals surface area contributed by atoms with Crippen LogP contribution in [0.15, 0.2) is 12.3 Å². The van der Waals surface area contributed by atoms with Gasteiger partial charge in [-0.25, -0.2) is 0 Å². The molecule has 7 nitrogen and oxygen atoms in total. The molecule has 0 bridgehead atoms. The van der Waals surface area contributed by atoms with Gasteiger partial charge >= 0.3 is 12.9 Å². The molecule has 2 rings (SSSR count). The van der Waals surface area contributed by atoms with Crippen LogP contribution >= 0.6 is 0 Å². The maximum atomic E-state index is 11.1. The second-order valence-corrected chi connectivity index (χ2v) is 5.63. The Hall–Kier alpha value is -1.80. The molecule has 1 aromatic heterocycles. The topological polar surface area (TPSA) is 91.6 Å². The molecule has 1 aliphatic heterocycles. The Labute approximate surface area is 116 Å². The molecule has 0 spiro atoms. The Morgan fingerprint density at radius 1 is 1.30 bits per heavy atom. The van der Waals surface area contributed by atoms with Gasteiger partial charge in [-0.15, -0.1) is 0 Å². The van der Waals surface area contributed by atoms with Crippen LogP contribution in [-0.4, -0.2) is 34.5 Å². The summed E-state index contributed by atoms with van der Waals surface area (Å²) in [7, 11) is -0.770. The highest BCUT2D eigenvalue weighted by molar-refractivity contribution is 6.63. The van der Waals surface area contributed by atoms with Crippen molar-refractivity contribution in [3.8, 4) is 0 Å². The monoisotopic (exact) mass is 278 g/mol. The highest BCUT2D eigenvalue weighted by atomic mass is 16.7. The van der Waals surface area contributed by atoms with Crippen LogP contribution in [0, 0.1) is 10.1 Å². The van der Waals surface area contributed by atoms with Crippen molar-refractivity contribution in [3.05, 3.63) is 27.9 Å². The van der Waals surface area contributed by atoms with E-state index in [1.807, 2.05) is 27.7 Å². The average Bonchev–Trinajstić information content (AvgIpc) is 2.57. The highest BCUT2D eigenvalue weighted by Crippen LogP contribution is 2.36. The van der Waals surface area contributed by atoms with Gasteiger partial charge in [0.2, 0.25) is 0 Å². The Kier molecular flexibility index (Phi) is 3.39. The molecule has 0 aromatic carbocycles. The minimum absolute atomic E-state index is 0.144. The lowest BCUT2D eigenvalue weighted by atomic mass is 9.77. The third kappa shape index (κ3) is 2.32. The van der Waals surface area contributed by atoms with Crippen LogP contribution in [0.3, 0.4) is 0 Å². The number of nitrogens with zero attached hydrogens (tertiary/aromatic N) is 2. The standard InChI is InChI=1S/C12H15BN2O5/c1-11(2)12(3,4)20-13(19-11)9-6-14-10(15(17)18)5-8(9)7-16/h5-7H,1-4H3. The molecule has 106 valence electrons. The molecule has 0 atom stereocenters. The van der Waals surface area contributed by atoms with Crippen LogP contribution in [-0.2, 0) is 9.31 Å². The predicted molar refractivity (Wildman–Crippen MR) is 72.0 cm³/mol. The SMILES string of the molecule is CC1(C)OB(c2cnc([N+](=O)[O-])cc2C=O)OC1(C)C. The van der Waals surface area contributed by atoms with Gasteiger partial charge in [0, 0.05) is 17.1 Å². The largest absolute Gasteiger partial charge is 0.499 e. The van der Waals surface area contributed by atoms with Crippen molar-refractivity contribution in [2.24, 2.45) is 0 Å². The minimum Gasteiger partial charge on any atom is -0.399 e. The van der Waals surface area contributed by atoms with Gasteiger partial charge in [0.25, 0.3) is 0 Å². The smallest absolute Gasteiger partial charge is 0.399 e. The first-order chi connectivity index (χ1) is 9.18. The lowest BCUT2D eigenvalue weighted by molar-refractivity contribution is -0.389. The number of hydrogen-bond donors (Lipinski definition) is 0. The molecule has 0 unspecified atom stereocenters. The van der Waals surface area contributed by atoms with E-state index in [2.05, 4.69) is 4.98 Å².